The van der Waals surface area contributed by atoms with Crippen molar-refractivity contribution in [2.24, 2.45) is 0 Å². The Hall–Kier alpha value is -2.76. The van der Waals surface area contributed by atoms with Crippen molar-refractivity contribution in [1.82, 2.24) is 9.55 Å². The molecule has 6 nitrogen and oxygen atoms in total. The van der Waals surface area contributed by atoms with Crippen molar-refractivity contribution in [2.75, 3.05) is 6.61 Å². The van der Waals surface area contributed by atoms with Crippen LogP contribution < -0.4 is 0 Å². The number of rotatable bonds is 4. The fourth-order valence-electron chi connectivity index (χ4n) is 2.14. The van der Waals surface area contributed by atoms with E-state index in [1.807, 2.05) is 0 Å². The number of carbonyl (C=O) groups excluding carboxylic acids is 1. The van der Waals surface area contributed by atoms with Gasteiger partial charge in [0.2, 0.25) is 11.6 Å². The van der Waals surface area contributed by atoms with E-state index >= 15 is 0 Å². The van der Waals surface area contributed by atoms with E-state index in [0.717, 1.165) is 0 Å². The van der Waals surface area contributed by atoms with Crippen molar-refractivity contribution in [3.05, 3.63) is 48.2 Å². The number of fused-ring (bicyclic) bond motifs is 1. The fourth-order valence-corrected chi connectivity index (χ4v) is 2.14. The molecular weight excluding hydrogens is 272 g/mol. The van der Waals surface area contributed by atoms with Gasteiger partial charge in [-0.15, -0.1) is 0 Å². The topological polar surface area (TPSA) is 77.5 Å². The summed E-state index contributed by atoms with van der Waals surface area (Å²) in [6.45, 7) is 2.34. The van der Waals surface area contributed by atoms with Crippen LogP contribution in [0.5, 0.6) is 5.88 Å². The molecule has 3 rings (SSSR count). The first-order valence-electron chi connectivity index (χ1n) is 6.57. The molecule has 1 N–H and O–H groups in total. The third kappa shape index (κ3) is 2.47. The highest BCUT2D eigenvalue weighted by molar-refractivity contribution is 5.86. The third-order valence-electron chi connectivity index (χ3n) is 3.09. The minimum Gasteiger partial charge on any atom is -0.494 e. The van der Waals surface area contributed by atoms with Crippen LogP contribution in [-0.2, 0) is 11.3 Å². The number of furan rings is 1. The minimum absolute atomic E-state index is 0.118. The first-order chi connectivity index (χ1) is 10.2. The van der Waals surface area contributed by atoms with Crippen LogP contribution in [0.4, 0.5) is 0 Å². The summed E-state index contributed by atoms with van der Waals surface area (Å²) in [5, 5.41) is 10.8. The van der Waals surface area contributed by atoms with E-state index in [4.69, 9.17) is 9.15 Å². The van der Waals surface area contributed by atoms with Gasteiger partial charge in [-0.25, -0.2) is 4.79 Å². The summed E-state index contributed by atoms with van der Waals surface area (Å²) < 4.78 is 11.9. The summed E-state index contributed by atoms with van der Waals surface area (Å²) in [5.41, 5.74) is 0.701. The second-order valence-corrected chi connectivity index (χ2v) is 4.50. The van der Waals surface area contributed by atoms with Gasteiger partial charge in [0.15, 0.2) is 0 Å². The summed E-state index contributed by atoms with van der Waals surface area (Å²) >= 11 is 0. The summed E-state index contributed by atoms with van der Waals surface area (Å²) in [5.74, 6) is 0.328. The molecule has 0 atom stereocenters. The molecule has 108 valence electrons. The third-order valence-corrected chi connectivity index (χ3v) is 3.09. The Morgan fingerprint density at radius 3 is 3.05 bits per heavy atom. The molecule has 3 aromatic rings. The molecule has 3 heterocycles. The Balaban J connectivity index is 1.85. The molecule has 0 saturated carbocycles. The number of esters is 1. The molecule has 0 aromatic carbocycles. The summed E-state index contributed by atoms with van der Waals surface area (Å²) in [6.07, 6.45) is 3.40. The number of hydrogen-bond acceptors (Lipinski definition) is 5. The van der Waals surface area contributed by atoms with Crippen LogP contribution in [0.25, 0.3) is 10.9 Å². The van der Waals surface area contributed by atoms with Crippen molar-refractivity contribution in [3.63, 3.8) is 0 Å². The molecule has 0 spiro atoms. The van der Waals surface area contributed by atoms with Gasteiger partial charge < -0.3 is 18.8 Å². The highest BCUT2D eigenvalue weighted by Gasteiger charge is 2.14. The average molecular weight is 286 g/mol. The van der Waals surface area contributed by atoms with Gasteiger partial charge in [0.25, 0.3) is 0 Å². The highest BCUT2D eigenvalue weighted by atomic mass is 16.5. The lowest BCUT2D eigenvalue weighted by atomic mass is 10.3. The van der Waals surface area contributed by atoms with Gasteiger partial charge in [0.05, 0.1) is 24.1 Å². The maximum absolute atomic E-state index is 11.5. The molecule has 0 saturated heterocycles. The number of ether oxygens (including phenoxy) is 1. The molecule has 0 unspecified atom stereocenters. The summed E-state index contributed by atoms with van der Waals surface area (Å²) in [6, 6.07) is 6.80. The van der Waals surface area contributed by atoms with Crippen LogP contribution in [0, 0.1) is 0 Å². The van der Waals surface area contributed by atoms with Crippen LogP contribution in [-0.4, -0.2) is 27.2 Å². The number of hydrogen-bond donors (Lipinski definition) is 1. The normalized spacial score (nSPS) is 10.9. The number of nitrogens with zero attached hydrogens (tertiary/aromatic N) is 2. The molecule has 6 heteroatoms. The smallest absolute Gasteiger partial charge is 0.374 e. The van der Waals surface area contributed by atoms with Crippen LogP contribution >= 0.6 is 0 Å². The van der Waals surface area contributed by atoms with Gasteiger partial charge >= 0.3 is 5.97 Å². The first-order valence-corrected chi connectivity index (χ1v) is 6.57. The monoisotopic (exact) mass is 286 g/mol. The van der Waals surface area contributed by atoms with E-state index in [-0.39, 0.29) is 11.6 Å². The lowest BCUT2D eigenvalue weighted by Crippen LogP contribution is -2.03. The van der Waals surface area contributed by atoms with E-state index in [0.29, 0.717) is 29.8 Å². The van der Waals surface area contributed by atoms with Crippen LogP contribution in [0.15, 0.2) is 41.1 Å². The zero-order valence-corrected chi connectivity index (χ0v) is 11.4. The standard InChI is InChI=1S/C15H14N2O4/c1-2-20-15(19)13-6-5-10(21-13)8-17-9-12-11(14(17)18)4-3-7-16-12/h3-7,9,18H,2,8H2,1H3. The van der Waals surface area contributed by atoms with E-state index in [9.17, 15) is 9.90 Å². The second-order valence-electron chi connectivity index (χ2n) is 4.50. The Morgan fingerprint density at radius 1 is 1.43 bits per heavy atom. The Labute approximate surface area is 120 Å². The van der Waals surface area contributed by atoms with E-state index in [2.05, 4.69) is 4.98 Å². The quantitative estimate of drug-likeness (QED) is 0.746. The number of aromatic hydroxyl groups is 1. The lowest BCUT2D eigenvalue weighted by molar-refractivity contribution is 0.0488. The zero-order valence-electron chi connectivity index (χ0n) is 11.4. The molecule has 0 amide bonds. The van der Waals surface area contributed by atoms with Gasteiger partial charge in [0, 0.05) is 12.4 Å². The molecule has 0 bridgehead atoms. The van der Waals surface area contributed by atoms with Gasteiger partial charge in [-0.2, -0.15) is 0 Å². The summed E-state index contributed by atoms with van der Waals surface area (Å²) in [7, 11) is 0. The van der Waals surface area contributed by atoms with Crippen LogP contribution in [0.3, 0.4) is 0 Å². The zero-order chi connectivity index (χ0) is 14.8. The fraction of sp³-hybridized carbons (Fsp3) is 0.200. The predicted octanol–water partition coefficient (Wildman–Crippen LogP) is 2.56. The molecule has 0 radical (unpaired) electrons. The molecule has 0 aliphatic carbocycles. The average Bonchev–Trinajstić information content (AvgIpc) is 3.06. The van der Waals surface area contributed by atoms with E-state index in [1.54, 1.807) is 48.1 Å². The van der Waals surface area contributed by atoms with Gasteiger partial charge in [-0.1, -0.05) is 0 Å². The maximum Gasteiger partial charge on any atom is 0.374 e. The predicted molar refractivity (Wildman–Crippen MR) is 75.2 cm³/mol. The van der Waals surface area contributed by atoms with Gasteiger partial charge in [0.1, 0.15) is 5.76 Å². The van der Waals surface area contributed by atoms with Crippen LogP contribution in [0.2, 0.25) is 0 Å². The Kier molecular flexibility index (Phi) is 3.35. The Morgan fingerprint density at radius 2 is 2.29 bits per heavy atom. The highest BCUT2D eigenvalue weighted by Crippen LogP contribution is 2.26. The second kappa shape index (κ2) is 5.32. The van der Waals surface area contributed by atoms with Gasteiger partial charge in [-0.3, -0.25) is 4.98 Å². The maximum atomic E-state index is 11.5. The van der Waals surface area contributed by atoms with E-state index < -0.39 is 5.97 Å². The van der Waals surface area contributed by atoms with Crippen molar-refractivity contribution in [1.29, 1.82) is 0 Å². The molecule has 0 aliphatic rings. The number of carbonyl (C=O) groups is 1. The molecular formula is C15H14N2O4. The van der Waals surface area contributed by atoms with E-state index in [1.165, 1.54) is 0 Å². The van der Waals surface area contributed by atoms with Crippen LogP contribution in [0.1, 0.15) is 23.2 Å². The van der Waals surface area contributed by atoms with Crippen molar-refractivity contribution >= 4 is 16.9 Å². The minimum atomic E-state index is -0.493. The summed E-state index contributed by atoms with van der Waals surface area (Å²) in [4.78, 5) is 15.7. The molecule has 0 fully saturated rings. The van der Waals surface area contributed by atoms with Gasteiger partial charge in [-0.05, 0) is 31.2 Å². The number of aromatic nitrogens is 2. The first kappa shape index (κ1) is 13.2. The Bertz CT molecular complexity index is 788. The van der Waals surface area contributed by atoms with Crippen molar-refractivity contribution < 1.29 is 19.1 Å². The SMILES string of the molecule is CCOC(=O)c1ccc(Cn2cc3ncccc3c2O)o1. The van der Waals surface area contributed by atoms with Crippen molar-refractivity contribution in [3.8, 4) is 5.88 Å². The number of pyridine rings is 1. The molecule has 3 aromatic heterocycles. The van der Waals surface area contributed by atoms with Crippen molar-refractivity contribution in [2.45, 2.75) is 13.5 Å². The molecule has 21 heavy (non-hydrogen) atoms. The lowest BCUT2D eigenvalue weighted by Gasteiger charge is -2.02. The largest absolute Gasteiger partial charge is 0.494 e. The molecule has 0 aliphatic heterocycles.